The summed E-state index contributed by atoms with van der Waals surface area (Å²) in [6.45, 7) is 3.26. The number of carbonyl (C=O) groups excluding carboxylic acids is 2. The fraction of sp³-hybridized carbons (Fsp3) is 0.207. The van der Waals surface area contributed by atoms with Gasteiger partial charge in [0.1, 0.15) is 5.82 Å². The Kier molecular flexibility index (Phi) is 6.70. The van der Waals surface area contributed by atoms with Gasteiger partial charge in [-0.2, -0.15) is 0 Å². The molecule has 0 radical (unpaired) electrons. The molecule has 5 rings (SSSR count). The number of aromatic nitrogens is 1. The molecule has 1 N–H and O–H groups in total. The second-order valence-corrected chi connectivity index (χ2v) is 8.74. The summed E-state index contributed by atoms with van der Waals surface area (Å²) >= 11 is 0. The van der Waals surface area contributed by atoms with E-state index in [9.17, 15) is 9.59 Å². The SMILES string of the molecule is O=C(NCCc1ccccc1)c1ccc(N2CCN(C(=O)c3ccc4ccccc4c3)CC2)nc1. The average molecular weight is 465 g/mol. The number of amides is 2. The predicted octanol–water partition coefficient (Wildman–Crippen LogP) is 4.17. The van der Waals surface area contributed by atoms with Gasteiger partial charge in [-0.1, -0.05) is 60.7 Å². The van der Waals surface area contributed by atoms with Crippen LogP contribution in [-0.4, -0.2) is 54.4 Å². The molecule has 2 heterocycles. The van der Waals surface area contributed by atoms with Crippen molar-refractivity contribution in [1.82, 2.24) is 15.2 Å². The number of anilines is 1. The molecule has 3 aromatic carbocycles. The van der Waals surface area contributed by atoms with Crippen LogP contribution in [0.15, 0.2) is 91.1 Å². The van der Waals surface area contributed by atoms with Crippen molar-refractivity contribution < 1.29 is 9.59 Å². The third-order valence-corrected chi connectivity index (χ3v) is 6.44. The number of pyridine rings is 1. The first-order valence-corrected chi connectivity index (χ1v) is 12.0. The van der Waals surface area contributed by atoms with Gasteiger partial charge in [0, 0.05) is 44.5 Å². The zero-order valence-corrected chi connectivity index (χ0v) is 19.6. The molecule has 6 heteroatoms. The van der Waals surface area contributed by atoms with Gasteiger partial charge >= 0.3 is 0 Å². The molecule has 0 spiro atoms. The normalized spacial score (nSPS) is 13.6. The summed E-state index contributed by atoms with van der Waals surface area (Å²) in [5, 5.41) is 5.16. The standard InChI is InChI=1S/C29H28N4O2/c34-28(30-15-14-22-6-2-1-3-7-22)26-12-13-27(31-21-26)32-16-18-33(19-17-32)29(35)25-11-10-23-8-4-5-9-24(23)20-25/h1-13,20-21H,14-19H2,(H,30,34). The maximum atomic E-state index is 13.0. The fourth-order valence-electron chi connectivity index (χ4n) is 4.42. The Hall–Kier alpha value is -4.19. The number of fused-ring (bicyclic) bond motifs is 1. The number of hydrogen-bond acceptors (Lipinski definition) is 4. The van der Waals surface area contributed by atoms with E-state index < -0.39 is 0 Å². The topological polar surface area (TPSA) is 65.5 Å². The van der Waals surface area contributed by atoms with Crippen LogP contribution in [-0.2, 0) is 6.42 Å². The van der Waals surface area contributed by atoms with E-state index in [1.54, 1.807) is 6.20 Å². The number of nitrogens with zero attached hydrogens (tertiary/aromatic N) is 3. The quantitative estimate of drug-likeness (QED) is 0.465. The lowest BCUT2D eigenvalue weighted by Gasteiger charge is -2.35. The van der Waals surface area contributed by atoms with Gasteiger partial charge in [-0.25, -0.2) is 4.98 Å². The summed E-state index contributed by atoms with van der Waals surface area (Å²) in [7, 11) is 0. The number of nitrogens with one attached hydrogen (secondary N) is 1. The maximum Gasteiger partial charge on any atom is 0.253 e. The monoisotopic (exact) mass is 464 g/mol. The molecule has 1 saturated heterocycles. The molecule has 6 nitrogen and oxygen atoms in total. The Balaban J connectivity index is 1.13. The molecule has 176 valence electrons. The molecule has 1 fully saturated rings. The summed E-state index contributed by atoms with van der Waals surface area (Å²) in [5.74, 6) is 0.764. The average Bonchev–Trinajstić information content (AvgIpc) is 2.93. The summed E-state index contributed by atoms with van der Waals surface area (Å²) in [6, 6.07) is 27.7. The Labute approximate surface area is 205 Å². The zero-order chi connectivity index (χ0) is 24.0. The van der Waals surface area contributed by atoms with Gasteiger partial charge < -0.3 is 15.1 Å². The lowest BCUT2D eigenvalue weighted by atomic mass is 10.1. The van der Waals surface area contributed by atoms with Crippen molar-refractivity contribution in [3.8, 4) is 0 Å². The van der Waals surface area contributed by atoms with E-state index in [1.165, 1.54) is 5.56 Å². The van der Waals surface area contributed by atoms with Crippen molar-refractivity contribution in [2.45, 2.75) is 6.42 Å². The highest BCUT2D eigenvalue weighted by Crippen LogP contribution is 2.19. The van der Waals surface area contributed by atoms with E-state index >= 15 is 0 Å². The molecular weight excluding hydrogens is 436 g/mol. The lowest BCUT2D eigenvalue weighted by molar-refractivity contribution is 0.0746. The van der Waals surface area contributed by atoms with E-state index in [4.69, 9.17) is 0 Å². The van der Waals surface area contributed by atoms with Crippen molar-refractivity contribution >= 4 is 28.4 Å². The first-order chi connectivity index (χ1) is 17.2. The summed E-state index contributed by atoms with van der Waals surface area (Å²) < 4.78 is 0. The highest BCUT2D eigenvalue weighted by Gasteiger charge is 2.23. The lowest BCUT2D eigenvalue weighted by Crippen LogP contribution is -2.49. The van der Waals surface area contributed by atoms with E-state index in [1.807, 2.05) is 71.6 Å². The van der Waals surface area contributed by atoms with Gasteiger partial charge in [0.15, 0.2) is 0 Å². The molecule has 4 aromatic rings. The minimum absolute atomic E-state index is 0.0610. The third kappa shape index (κ3) is 5.32. The minimum atomic E-state index is -0.120. The molecule has 0 bridgehead atoms. The fourth-order valence-corrected chi connectivity index (χ4v) is 4.42. The van der Waals surface area contributed by atoms with Gasteiger partial charge in [0.05, 0.1) is 5.56 Å². The van der Waals surface area contributed by atoms with Gasteiger partial charge in [-0.05, 0) is 47.0 Å². The highest BCUT2D eigenvalue weighted by molar-refractivity contribution is 5.98. The Bertz CT molecular complexity index is 1310. The van der Waals surface area contributed by atoms with E-state index in [2.05, 4.69) is 33.4 Å². The summed E-state index contributed by atoms with van der Waals surface area (Å²) in [4.78, 5) is 34.0. The molecular formula is C29H28N4O2. The molecule has 0 saturated carbocycles. The molecule has 1 aliphatic rings. The second kappa shape index (κ2) is 10.4. The smallest absolute Gasteiger partial charge is 0.253 e. The maximum absolute atomic E-state index is 13.0. The Morgan fingerprint density at radius 1 is 0.771 bits per heavy atom. The van der Waals surface area contributed by atoms with Crippen LogP contribution in [0.5, 0.6) is 0 Å². The molecule has 0 aliphatic carbocycles. The summed E-state index contributed by atoms with van der Waals surface area (Å²) in [5.41, 5.74) is 2.46. The predicted molar refractivity (Wildman–Crippen MR) is 139 cm³/mol. The van der Waals surface area contributed by atoms with Crippen LogP contribution in [0.1, 0.15) is 26.3 Å². The Morgan fingerprint density at radius 2 is 1.49 bits per heavy atom. The number of carbonyl (C=O) groups is 2. The van der Waals surface area contributed by atoms with Crippen molar-refractivity contribution in [3.63, 3.8) is 0 Å². The highest BCUT2D eigenvalue weighted by atomic mass is 16.2. The van der Waals surface area contributed by atoms with Gasteiger partial charge in [-0.15, -0.1) is 0 Å². The number of piperazine rings is 1. The number of rotatable bonds is 6. The van der Waals surface area contributed by atoms with Gasteiger partial charge in [-0.3, -0.25) is 9.59 Å². The first kappa shape index (κ1) is 22.6. The van der Waals surface area contributed by atoms with Crippen LogP contribution >= 0.6 is 0 Å². The molecule has 0 atom stereocenters. The first-order valence-electron chi connectivity index (χ1n) is 12.0. The van der Waals surface area contributed by atoms with Gasteiger partial charge in [0.2, 0.25) is 0 Å². The van der Waals surface area contributed by atoms with Crippen LogP contribution < -0.4 is 10.2 Å². The van der Waals surface area contributed by atoms with E-state index in [0.29, 0.717) is 38.3 Å². The van der Waals surface area contributed by atoms with Crippen molar-refractivity contribution in [1.29, 1.82) is 0 Å². The second-order valence-electron chi connectivity index (χ2n) is 8.74. The van der Waals surface area contributed by atoms with E-state index in [-0.39, 0.29) is 11.8 Å². The van der Waals surface area contributed by atoms with Crippen LogP contribution in [0, 0.1) is 0 Å². The summed E-state index contributed by atoms with van der Waals surface area (Å²) in [6.07, 6.45) is 2.42. The van der Waals surface area contributed by atoms with Crippen molar-refractivity contribution in [3.05, 3.63) is 108 Å². The van der Waals surface area contributed by atoms with Crippen LogP contribution in [0.4, 0.5) is 5.82 Å². The molecule has 2 amide bonds. The zero-order valence-electron chi connectivity index (χ0n) is 19.6. The van der Waals surface area contributed by atoms with Crippen molar-refractivity contribution in [2.24, 2.45) is 0 Å². The van der Waals surface area contributed by atoms with Crippen LogP contribution in [0.3, 0.4) is 0 Å². The molecule has 0 unspecified atom stereocenters. The van der Waals surface area contributed by atoms with Crippen LogP contribution in [0.25, 0.3) is 10.8 Å². The Morgan fingerprint density at radius 3 is 2.23 bits per heavy atom. The van der Waals surface area contributed by atoms with E-state index in [0.717, 1.165) is 28.6 Å². The van der Waals surface area contributed by atoms with Crippen molar-refractivity contribution in [2.75, 3.05) is 37.6 Å². The number of benzene rings is 3. The molecule has 1 aliphatic heterocycles. The largest absolute Gasteiger partial charge is 0.353 e. The van der Waals surface area contributed by atoms with Gasteiger partial charge in [0.25, 0.3) is 11.8 Å². The molecule has 1 aromatic heterocycles. The van der Waals surface area contributed by atoms with Crippen LogP contribution in [0.2, 0.25) is 0 Å². The third-order valence-electron chi connectivity index (χ3n) is 6.44. The molecule has 35 heavy (non-hydrogen) atoms. The minimum Gasteiger partial charge on any atom is -0.353 e. The number of hydrogen-bond donors (Lipinski definition) is 1.